The van der Waals surface area contributed by atoms with Gasteiger partial charge < -0.3 is 0 Å². The first kappa shape index (κ1) is 17.8. The van der Waals surface area contributed by atoms with Gasteiger partial charge in [0.25, 0.3) is 10.0 Å². The zero-order valence-corrected chi connectivity index (χ0v) is 15.1. The van der Waals surface area contributed by atoms with Crippen molar-refractivity contribution >= 4 is 44.7 Å². The average molecular weight is 372 g/mol. The first-order valence-corrected chi connectivity index (χ1v) is 8.96. The lowest BCUT2D eigenvalue weighted by Crippen LogP contribution is -2.15. The van der Waals surface area contributed by atoms with Crippen molar-refractivity contribution < 1.29 is 13.2 Å². The number of carbonyl (C=O) groups excluding carboxylic acids is 1. The lowest BCUT2D eigenvalue weighted by Gasteiger charge is -2.15. The zero-order valence-electron chi connectivity index (χ0n) is 12.8. The van der Waals surface area contributed by atoms with Crippen molar-refractivity contribution in [3.05, 3.63) is 57.1 Å². The molecule has 4 nitrogen and oxygen atoms in total. The number of carbonyl (C=O) groups is 1. The Hall–Kier alpha value is -1.56. The summed E-state index contributed by atoms with van der Waals surface area (Å²) in [5.74, 6) is -0.0937. The van der Waals surface area contributed by atoms with E-state index in [4.69, 9.17) is 23.2 Å². The summed E-state index contributed by atoms with van der Waals surface area (Å²) in [4.78, 5) is 11.2. The van der Waals surface area contributed by atoms with Crippen LogP contribution in [0.5, 0.6) is 0 Å². The van der Waals surface area contributed by atoms with Gasteiger partial charge in [-0.25, -0.2) is 8.42 Å². The van der Waals surface area contributed by atoms with Crippen molar-refractivity contribution in [2.45, 2.75) is 25.7 Å². The molecule has 0 aromatic heterocycles. The van der Waals surface area contributed by atoms with Crippen molar-refractivity contribution in [2.24, 2.45) is 0 Å². The Morgan fingerprint density at radius 1 is 1.09 bits per heavy atom. The molecule has 0 heterocycles. The van der Waals surface area contributed by atoms with Crippen LogP contribution in [0.15, 0.2) is 35.2 Å². The third-order valence-corrected chi connectivity index (χ3v) is 5.94. The summed E-state index contributed by atoms with van der Waals surface area (Å²) in [5, 5.41) is 0.471. The highest BCUT2D eigenvalue weighted by Crippen LogP contribution is 2.34. The first-order valence-electron chi connectivity index (χ1n) is 6.72. The molecule has 0 saturated carbocycles. The van der Waals surface area contributed by atoms with Crippen molar-refractivity contribution in [3.8, 4) is 0 Å². The van der Waals surface area contributed by atoms with E-state index in [1.54, 1.807) is 32.0 Å². The van der Waals surface area contributed by atoms with Gasteiger partial charge in [0.15, 0.2) is 5.78 Å². The highest BCUT2D eigenvalue weighted by Gasteiger charge is 2.24. The highest BCUT2D eigenvalue weighted by molar-refractivity contribution is 7.93. The summed E-state index contributed by atoms with van der Waals surface area (Å²) in [7, 11) is -3.90. The molecule has 0 bridgehead atoms. The van der Waals surface area contributed by atoms with Crippen LogP contribution in [-0.2, 0) is 10.0 Å². The van der Waals surface area contributed by atoms with Gasteiger partial charge in [0.2, 0.25) is 0 Å². The second-order valence-corrected chi connectivity index (χ2v) is 7.59. The molecule has 0 aliphatic carbocycles. The molecule has 0 aliphatic rings. The van der Waals surface area contributed by atoms with E-state index in [9.17, 15) is 13.2 Å². The summed E-state index contributed by atoms with van der Waals surface area (Å²) < 4.78 is 27.7. The number of sulfonamides is 1. The van der Waals surface area contributed by atoms with Gasteiger partial charge in [-0.05, 0) is 62.2 Å². The van der Waals surface area contributed by atoms with E-state index in [-0.39, 0.29) is 15.7 Å². The van der Waals surface area contributed by atoms with Gasteiger partial charge in [-0.15, -0.1) is 0 Å². The SMILES string of the molecule is CC(=O)c1ccc(NS(=O)(=O)c2c(C)c(Cl)cc(C)c2Cl)cc1. The summed E-state index contributed by atoms with van der Waals surface area (Å²) in [5.41, 5.74) is 1.80. The Labute approximate surface area is 145 Å². The number of ketones is 1. The predicted molar refractivity (Wildman–Crippen MR) is 93.2 cm³/mol. The van der Waals surface area contributed by atoms with Gasteiger partial charge in [0.05, 0.1) is 5.02 Å². The maximum Gasteiger partial charge on any atom is 0.263 e. The number of rotatable bonds is 4. The van der Waals surface area contributed by atoms with Crippen LogP contribution in [0.25, 0.3) is 0 Å². The minimum absolute atomic E-state index is 0.0418. The fraction of sp³-hybridized carbons (Fsp3) is 0.188. The van der Waals surface area contributed by atoms with E-state index in [1.807, 2.05) is 0 Å². The summed E-state index contributed by atoms with van der Waals surface area (Å²) in [6.45, 7) is 4.73. The molecule has 23 heavy (non-hydrogen) atoms. The molecule has 122 valence electrons. The molecular weight excluding hydrogens is 357 g/mol. The highest BCUT2D eigenvalue weighted by atomic mass is 35.5. The maximum absolute atomic E-state index is 12.6. The van der Waals surface area contributed by atoms with Crippen LogP contribution >= 0.6 is 23.2 Å². The van der Waals surface area contributed by atoms with Gasteiger partial charge in [-0.1, -0.05) is 23.2 Å². The number of benzene rings is 2. The van der Waals surface area contributed by atoms with Crippen LogP contribution in [0, 0.1) is 13.8 Å². The van der Waals surface area contributed by atoms with E-state index in [0.29, 0.717) is 27.4 Å². The van der Waals surface area contributed by atoms with E-state index in [2.05, 4.69) is 4.72 Å². The fourth-order valence-electron chi connectivity index (χ4n) is 2.11. The molecule has 0 unspecified atom stereocenters. The number of halogens is 2. The molecule has 2 rings (SSSR count). The summed E-state index contributed by atoms with van der Waals surface area (Å²) >= 11 is 12.2. The van der Waals surface area contributed by atoms with Crippen molar-refractivity contribution in [1.82, 2.24) is 0 Å². The van der Waals surface area contributed by atoms with Gasteiger partial charge in [0.1, 0.15) is 4.90 Å². The summed E-state index contributed by atoms with van der Waals surface area (Å²) in [6.07, 6.45) is 0. The second kappa shape index (κ2) is 6.51. The molecule has 0 saturated heterocycles. The molecular formula is C16H15Cl2NO3S. The quantitative estimate of drug-likeness (QED) is 0.797. The topological polar surface area (TPSA) is 63.2 Å². The van der Waals surface area contributed by atoms with E-state index >= 15 is 0 Å². The third-order valence-electron chi connectivity index (χ3n) is 3.40. The Kier molecular flexibility index (Phi) is 5.04. The minimum Gasteiger partial charge on any atom is -0.295 e. The largest absolute Gasteiger partial charge is 0.295 e. The fourth-order valence-corrected chi connectivity index (χ4v) is 4.39. The Morgan fingerprint density at radius 2 is 1.65 bits per heavy atom. The van der Waals surface area contributed by atoms with Crippen molar-refractivity contribution in [3.63, 3.8) is 0 Å². The third kappa shape index (κ3) is 3.68. The van der Waals surface area contributed by atoms with E-state index in [1.165, 1.54) is 19.1 Å². The number of Topliss-reactive ketones (excluding diaryl/α,β-unsaturated/α-hetero) is 1. The van der Waals surface area contributed by atoms with Crippen LogP contribution in [0.3, 0.4) is 0 Å². The molecule has 0 radical (unpaired) electrons. The molecule has 0 atom stereocenters. The normalized spacial score (nSPS) is 11.3. The average Bonchev–Trinajstić information content (AvgIpc) is 2.45. The monoisotopic (exact) mass is 371 g/mol. The second-order valence-electron chi connectivity index (χ2n) is 5.18. The minimum atomic E-state index is -3.90. The van der Waals surface area contributed by atoms with Gasteiger partial charge >= 0.3 is 0 Å². The Bertz CT molecular complexity index is 849. The van der Waals surface area contributed by atoms with Crippen molar-refractivity contribution in [2.75, 3.05) is 4.72 Å². The Balaban J connectivity index is 2.46. The molecule has 1 N–H and O–H groups in total. The van der Waals surface area contributed by atoms with Gasteiger partial charge in [0, 0.05) is 16.3 Å². The van der Waals surface area contributed by atoms with E-state index in [0.717, 1.165) is 0 Å². The number of nitrogens with one attached hydrogen (secondary N) is 1. The predicted octanol–water partition coefficient (Wildman–Crippen LogP) is 4.61. The molecule has 7 heteroatoms. The van der Waals surface area contributed by atoms with Crippen LogP contribution in [0.1, 0.15) is 28.4 Å². The molecule has 2 aromatic rings. The number of anilines is 1. The number of aryl methyl sites for hydroxylation is 1. The van der Waals surface area contributed by atoms with Gasteiger partial charge in [-0.3, -0.25) is 9.52 Å². The maximum atomic E-state index is 12.6. The molecule has 0 aliphatic heterocycles. The van der Waals surface area contributed by atoms with Crippen LogP contribution in [-0.4, -0.2) is 14.2 Å². The standard InChI is InChI=1S/C16H15Cl2NO3S/c1-9-8-14(17)10(2)16(15(9)18)23(21,22)19-13-6-4-12(5-7-13)11(3)20/h4-8,19H,1-3H3. The molecule has 0 fully saturated rings. The number of hydrogen-bond acceptors (Lipinski definition) is 3. The lowest BCUT2D eigenvalue weighted by molar-refractivity contribution is 0.101. The van der Waals surface area contributed by atoms with Crippen LogP contribution < -0.4 is 4.72 Å². The molecule has 2 aromatic carbocycles. The Morgan fingerprint density at radius 3 is 2.17 bits per heavy atom. The van der Waals surface area contributed by atoms with Crippen molar-refractivity contribution in [1.29, 1.82) is 0 Å². The van der Waals surface area contributed by atoms with Crippen LogP contribution in [0.4, 0.5) is 5.69 Å². The smallest absolute Gasteiger partial charge is 0.263 e. The number of hydrogen-bond donors (Lipinski definition) is 1. The van der Waals surface area contributed by atoms with E-state index < -0.39 is 10.0 Å². The van der Waals surface area contributed by atoms with Gasteiger partial charge in [-0.2, -0.15) is 0 Å². The first-order chi connectivity index (χ1) is 10.6. The lowest BCUT2D eigenvalue weighted by atomic mass is 10.1. The molecule has 0 amide bonds. The summed E-state index contributed by atoms with van der Waals surface area (Å²) in [6, 6.07) is 7.78. The zero-order chi connectivity index (χ0) is 17.4. The van der Waals surface area contributed by atoms with Crippen LogP contribution in [0.2, 0.25) is 10.0 Å². The molecule has 0 spiro atoms.